The molecular weight excluding hydrogens is 388 g/mol. The molecule has 0 radical (unpaired) electrons. The summed E-state index contributed by atoms with van der Waals surface area (Å²) in [6, 6.07) is 10.6. The van der Waals surface area contributed by atoms with E-state index in [1.165, 1.54) is 18.7 Å². The van der Waals surface area contributed by atoms with E-state index in [1.54, 1.807) is 24.3 Å². The summed E-state index contributed by atoms with van der Waals surface area (Å²) < 4.78 is 0. The molecule has 1 saturated heterocycles. The van der Waals surface area contributed by atoms with Crippen molar-refractivity contribution < 1.29 is 14.4 Å². The third kappa shape index (κ3) is 3.74. The Morgan fingerprint density at radius 2 is 2.03 bits per heavy atom. The first kappa shape index (κ1) is 19.2. The number of nitrogens with zero attached hydrogens (tertiary/aromatic N) is 3. The summed E-state index contributed by atoms with van der Waals surface area (Å²) in [7, 11) is 0. The van der Waals surface area contributed by atoms with Crippen LogP contribution in [0.15, 0.2) is 35.4 Å². The Morgan fingerprint density at radius 1 is 1.28 bits per heavy atom. The van der Waals surface area contributed by atoms with Gasteiger partial charge in [0.15, 0.2) is 0 Å². The van der Waals surface area contributed by atoms with E-state index in [4.69, 9.17) is 0 Å². The zero-order valence-corrected chi connectivity index (χ0v) is 16.6. The zero-order valence-electron chi connectivity index (χ0n) is 15.8. The standard InChI is InChI=1S/C21H18N4O3S/c1-12(26)23-15-5-7-16(8-6-15)25-19(27)10-18(21(25)28)29-20-14(11-22)9-13-3-2-4-17(13)24-20/h5-9,18H,2-4,10H2,1H3,(H,23,26). The maximum absolute atomic E-state index is 12.9. The third-order valence-electron chi connectivity index (χ3n) is 4.94. The maximum Gasteiger partial charge on any atom is 0.247 e. The van der Waals surface area contributed by atoms with Crippen LogP contribution in [0.3, 0.4) is 0 Å². The predicted octanol–water partition coefficient (Wildman–Crippen LogP) is 2.82. The molecule has 0 spiro atoms. The molecule has 2 aliphatic rings. The van der Waals surface area contributed by atoms with E-state index >= 15 is 0 Å². The van der Waals surface area contributed by atoms with Crippen molar-refractivity contribution in [3.8, 4) is 6.07 Å². The number of nitrogens with one attached hydrogen (secondary N) is 1. The Hall–Kier alpha value is -3.18. The smallest absolute Gasteiger partial charge is 0.247 e. The van der Waals surface area contributed by atoms with Crippen LogP contribution in [-0.2, 0) is 27.2 Å². The molecule has 1 N–H and O–H groups in total. The Kier molecular flexibility index (Phi) is 5.07. The number of amides is 3. The Bertz CT molecular complexity index is 1060. The highest BCUT2D eigenvalue weighted by Gasteiger charge is 2.41. The molecule has 7 nitrogen and oxygen atoms in total. The fourth-order valence-electron chi connectivity index (χ4n) is 3.62. The van der Waals surface area contributed by atoms with Gasteiger partial charge in [-0.2, -0.15) is 5.26 Å². The van der Waals surface area contributed by atoms with Gasteiger partial charge in [-0.25, -0.2) is 9.88 Å². The second-order valence-electron chi connectivity index (χ2n) is 7.02. The average molecular weight is 406 g/mol. The lowest BCUT2D eigenvalue weighted by Gasteiger charge is -2.16. The summed E-state index contributed by atoms with van der Waals surface area (Å²) >= 11 is 1.19. The van der Waals surface area contributed by atoms with Crippen LogP contribution in [0.4, 0.5) is 11.4 Å². The van der Waals surface area contributed by atoms with E-state index < -0.39 is 5.25 Å². The molecule has 2 heterocycles. The number of rotatable bonds is 4. The first-order chi connectivity index (χ1) is 14.0. The number of fused-ring (bicyclic) bond motifs is 1. The van der Waals surface area contributed by atoms with Crippen LogP contribution in [-0.4, -0.2) is 28.0 Å². The Balaban J connectivity index is 1.55. The van der Waals surface area contributed by atoms with Gasteiger partial charge in [-0.05, 0) is 55.2 Å². The van der Waals surface area contributed by atoms with Crippen molar-refractivity contribution in [2.24, 2.45) is 0 Å². The molecule has 1 aliphatic carbocycles. The highest BCUT2D eigenvalue weighted by Crippen LogP contribution is 2.36. The van der Waals surface area contributed by atoms with Crippen molar-refractivity contribution in [3.05, 3.63) is 47.2 Å². The van der Waals surface area contributed by atoms with E-state index in [1.807, 2.05) is 6.07 Å². The highest BCUT2D eigenvalue weighted by atomic mass is 32.2. The van der Waals surface area contributed by atoms with E-state index in [0.29, 0.717) is 22.0 Å². The monoisotopic (exact) mass is 406 g/mol. The second kappa shape index (κ2) is 7.68. The number of hydrogen-bond donors (Lipinski definition) is 1. The van der Waals surface area contributed by atoms with Gasteiger partial charge in [0.2, 0.25) is 17.7 Å². The maximum atomic E-state index is 12.9. The fourth-order valence-corrected chi connectivity index (χ4v) is 4.72. The van der Waals surface area contributed by atoms with E-state index in [9.17, 15) is 19.6 Å². The van der Waals surface area contributed by atoms with E-state index in [2.05, 4.69) is 16.4 Å². The summed E-state index contributed by atoms with van der Waals surface area (Å²) in [6.45, 7) is 1.41. The molecule has 1 aromatic heterocycles. The summed E-state index contributed by atoms with van der Waals surface area (Å²) in [6.07, 6.45) is 2.87. The molecule has 1 unspecified atom stereocenters. The lowest BCUT2D eigenvalue weighted by molar-refractivity contribution is -0.121. The molecule has 0 bridgehead atoms. The molecule has 1 aliphatic heterocycles. The molecule has 3 amide bonds. The van der Waals surface area contributed by atoms with Gasteiger partial charge in [0.1, 0.15) is 11.1 Å². The lowest BCUT2D eigenvalue weighted by Crippen LogP contribution is -2.31. The number of carbonyl (C=O) groups is 3. The van der Waals surface area contributed by atoms with Crippen LogP contribution in [0.1, 0.15) is 36.6 Å². The average Bonchev–Trinajstić information content (AvgIpc) is 3.25. The Morgan fingerprint density at radius 3 is 2.72 bits per heavy atom. The molecular formula is C21H18N4O3S. The molecule has 8 heteroatoms. The summed E-state index contributed by atoms with van der Waals surface area (Å²) in [5.74, 6) is -0.810. The summed E-state index contributed by atoms with van der Waals surface area (Å²) in [5.41, 5.74) is 3.58. The number of hydrogen-bond acceptors (Lipinski definition) is 6. The van der Waals surface area contributed by atoms with Crippen LogP contribution < -0.4 is 10.2 Å². The number of carbonyl (C=O) groups excluding carboxylic acids is 3. The molecule has 29 heavy (non-hydrogen) atoms. The van der Waals surface area contributed by atoms with Gasteiger partial charge in [0.05, 0.1) is 16.5 Å². The van der Waals surface area contributed by atoms with Crippen molar-refractivity contribution in [2.45, 2.75) is 42.9 Å². The lowest BCUT2D eigenvalue weighted by atomic mass is 10.2. The SMILES string of the molecule is CC(=O)Nc1ccc(N2C(=O)CC(Sc3nc4c(cc3C#N)CCC4)C2=O)cc1. The molecule has 1 fully saturated rings. The number of aromatic nitrogens is 1. The van der Waals surface area contributed by atoms with Crippen molar-refractivity contribution in [1.82, 2.24) is 4.98 Å². The van der Waals surface area contributed by atoms with Crippen LogP contribution >= 0.6 is 11.8 Å². The van der Waals surface area contributed by atoms with Gasteiger partial charge in [0, 0.05) is 24.7 Å². The van der Waals surface area contributed by atoms with Gasteiger partial charge in [-0.1, -0.05) is 11.8 Å². The number of anilines is 2. The van der Waals surface area contributed by atoms with Gasteiger partial charge >= 0.3 is 0 Å². The van der Waals surface area contributed by atoms with Crippen molar-refractivity contribution >= 4 is 40.9 Å². The van der Waals surface area contributed by atoms with Crippen LogP contribution in [0.5, 0.6) is 0 Å². The van der Waals surface area contributed by atoms with Crippen molar-refractivity contribution in [1.29, 1.82) is 5.26 Å². The topological polar surface area (TPSA) is 103 Å². The van der Waals surface area contributed by atoms with Gasteiger partial charge in [0.25, 0.3) is 0 Å². The minimum absolute atomic E-state index is 0.0561. The summed E-state index contributed by atoms with van der Waals surface area (Å²) in [5, 5.41) is 12.0. The van der Waals surface area contributed by atoms with Crippen LogP contribution in [0.25, 0.3) is 0 Å². The third-order valence-corrected chi connectivity index (χ3v) is 6.13. The van der Waals surface area contributed by atoms with Gasteiger partial charge < -0.3 is 5.32 Å². The van der Waals surface area contributed by atoms with Crippen molar-refractivity contribution in [3.63, 3.8) is 0 Å². The predicted molar refractivity (Wildman–Crippen MR) is 108 cm³/mol. The molecule has 0 saturated carbocycles. The first-order valence-electron chi connectivity index (χ1n) is 9.30. The molecule has 146 valence electrons. The fraction of sp³-hybridized carbons (Fsp3) is 0.286. The number of pyridine rings is 1. The molecule has 1 atom stereocenters. The van der Waals surface area contributed by atoms with Gasteiger partial charge in [-0.15, -0.1) is 0 Å². The number of thioether (sulfide) groups is 1. The minimum atomic E-state index is -0.614. The number of imide groups is 1. The first-order valence-corrected chi connectivity index (χ1v) is 10.2. The van der Waals surface area contributed by atoms with Crippen LogP contribution in [0.2, 0.25) is 0 Å². The Labute approximate surface area is 172 Å². The van der Waals surface area contributed by atoms with Crippen molar-refractivity contribution in [2.75, 3.05) is 10.2 Å². The molecule has 1 aromatic carbocycles. The zero-order chi connectivity index (χ0) is 20.5. The normalized spacial score (nSPS) is 17.9. The van der Waals surface area contributed by atoms with Gasteiger partial charge in [-0.3, -0.25) is 14.4 Å². The van der Waals surface area contributed by atoms with E-state index in [-0.39, 0.29) is 24.1 Å². The number of aryl methyl sites for hydroxylation is 2. The second-order valence-corrected chi connectivity index (χ2v) is 8.21. The van der Waals surface area contributed by atoms with Crippen LogP contribution in [0, 0.1) is 11.3 Å². The number of nitriles is 1. The van der Waals surface area contributed by atoms with E-state index in [0.717, 1.165) is 35.4 Å². The number of benzene rings is 1. The quantitative estimate of drug-likeness (QED) is 0.783. The molecule has 4 rings (SSSR count). The minimum Gasteiger partial charge on any atom is -0.326 e. The largest absolute Gasteiger partial charge is 0.326 e. The highest BCUT2D eigenvalue weighted by molar-refractivity contribution is 8.00. The summed E-state index contributed by atoms with van der Waals surface area (Å²) in [4.78, 5) is 42.3. The molecule has 2 aromatic rings.